The van der Waals surface area contributed by atoms with Crippen LogP contribution in [0.25, 0.3) is 0 Å². The van der Waals surface area contributed by atoms with Crippen LogP contribution in [0.2, 0.25) is 0 Å². The van der Waals surface area contributed by atoms with Crippen LogP contribution in [0.15, 0.2) is 36.7 Å². The van der Waals surface area contributed by atoms with E-state index < -0.39 is 6.10 Å². The van der Waals surface area contributed by atoms with Gasteiger partial charge in [0.2, 0.25) is 6.79 Å². The Labute approximate surface area is 174 Å². The number of nitrogens with zero attached hydrogens (tertiary/aromatic N) is 2. The van der Waals surface area contributed by atoms with Gasteiger partial charge >= 0.3 is 0 Å². The molecule has 30 heavy (non-hydrogen) atoms. The summed E-state index contributed by atoms with van der Waals surface area (Å²) in [7, 11) is 1.53. The molecule has 5 rings (SSSR count). The molecule has 2 aliphatic heterocycles. The first-order chi connectivity index (χ1) is 14.6. The molecule has 1 amide bonds. The van der Waals surface area contributed by atoms with Crippen LogP contribution in [0.3, 0.4) is 0 Å². The van der Waals surface area contributed by atoms with Crippen molar-refractivity contribution in [2.75, 3.05) is 27.0 Å². The van der Waals surface area contributed by atoms with Gasteiger partial charge < -0.3 is 29.0 Å². The van der Waals surface area contributed by atoms with Gasteiger partial charge in [-0.1, -0.05) is 0 Å². The highest BCUT2D eigenvalue weighted by molar-refractivity contribution is 5.97. The highest BCUT2D eigenvalue weighted by Crippen LogP contribution is 2.40. The molecule has 4 atom stereocenters. The Morgan fingerprint density at radius 3 is 2.80 bits per heavy atom. The predicted octanol–water partition coefficient (Wildman–Crippen LogP) is 2.11. The molecular weight excluding hydrogens is 388 g/mol. The van der Waals surface area contributed by atoms with Crippen LogP contribution in [-0.4, -0.2) is 60.1 Å². The van der Waals surface area contributed by atoms with E-state index in [4.69, 9.17) is 18.9 Å². The lowest BCUT2D eigenvalue weighted by Gasteiger charge is -2.35. The number of fused-ring (bicyclic) bond motifs is 2. The van der Waals surface area contributed by atoms with Crippen molar-refractivity contribution < 1.29 is 28.8 Å². The maximum Gasteiger partial charge on any atom is 0.257 e. The molecular formula is C22H24N2O6. The number of hydrogen-bond donors (Lipinski definition) is 1. The van der Waals surface area contributed by atoms with Crippen LogP contribution < -0.4 is 18.9 Å². The fourth-order valence-corrected chi connectivity index (χ4v) is 4.70. The predicted molar refractivity (Wildman–Crippen MR) is 106 cm³/mol. The highest BCUT2D eigenvalue weighted by Gasteiger charge is 2.44. The molecule has 3 aliphatic rings. The van der Waals surface area contributed by atoms with Gasteiger partial charge in [-0.05, 0) is 42.9 Å². The molecule has 0 bridgehead atoms. The van der Waals surface area contributed by atoms with E-state index in [1.807, 2.05) is 17.0 Å². The Kier molecular flexibility index (Phi) is 4.86. The van der Waals surface area contributed by atoms with Crippen LogP contribution in [0.4, 0.5) is 0 Å². The van der Waals surface area contributed by atoms with Crippen LogP contribution in [0.1, 0.15) is 23.2 Å². The molecule has 0 radical (unpaired) electrons. The number of aromatic nitrogens is 1. The molecule has 1 saturated carbocycles. The van der Waals surface area contributed by atoms with Gasteiger partial charge in [0.1, 0.15) is 17.6 Å². The highest BCUT2D eigenvalue weighted by atomic mass is 16.7. The van der Waals surface area contributed by atoms with Crippen LogP contribution in [-0.2, 0) is 0 Å². The third-order valence-electron chi connectivity index (χ3n) is 6.24. The summed E-state index contributed by atoms with van der Waals surface area (Å²) in [6.45, 7) is 1.48. The zero-order valence-corrected chi connectivity index (χ0v) is 16.7. The Bertz CT molecular complexity index is 951. The normalized spacial score (nSPS) is 26.9. The summed E-state index contributed by atoms with van der Waals surface area (Å²) in [4.78, 5) is 18.9. The van der Waals surface area contributed by atoms with E-state index >= 15 is 0 Å². The molecule has 1 saturated heterocycles. The lowest BCUT2D eigenvalue weighted by Crippen LogP contribution is -2.42. The summed E-state index contributed by atoms with van der Waals surface area (Å²) >= 11 is 0. The molecule has 3 heterocycles. The Morgan fingerprint density at radius 2 is 1.97 bits per heavy atom. The zero-order valence-electron chi connectivity index (χ0n) is 16.7. The van der Waals surface area contributed by atoms with Gasteiger partial charge in [-0.3, -0.25) is 9.78 Å². The monoisotopic (exact) mass is 412 g/mol. The summed E-state index contributed by atoms with van der Waals surface area (Å²) in [5, 5.41) is 10.7. The number of aliphatic hydroxyl groups excluding tert-OH is 1. The van der Waals surface area contributed by atoms with Crippen molar-refractivity contribution >= 4 is 5.91 Å². The first-order valence-electron chi connectivity index (χ1n) is 10.1. The lowest BCUT2D eigenvalue weighted by molar-refractivity contribution is -0.0232. The second kappa shape index (κ2) is 7.68. The van der Waals surface area contributed by atoms with Gasteiger partial charge in [0.05, 0.1) is 25.0 Å². The van der Waals surface area contributed by atoms with Gasteiger partial charge in [-0.25, -0.2) is 0 Å². The molecule has 0 spiro atoms. The maximum absolute atomic E-state index is 13.0. The fraction of sp³-hybridized carbons (Fsp3) is 0.455. The third-order valence-corrected chi connectivity index (χ3v) is 6.24. The topological polar surface area (TPSA) is 90.4 Å². The lowest BCUT2D eigenvalue weighted by atomic mass is 9.78. The summed E-state index contributed by atoms with van der Waals surface area (Å²) in [6, 6.07) is 7.12. The SMILES string of the molecule is COc1cnccc1C(=O)N1C[C@H]2C[C@@H](Oc3ccc4c(c3)OCO4)[C@H](O)C[C@H]2C1. The number of benzene rings is 1. The van der Waals surface area contributed by atoms with Gasteiger partial charge in [-0.15, -0.1) is 0 Å². The van der Waals surface area contributed by atoms with Crippen molar-refractivity contribution in [1.29, 1.82) is 0 Å². The number of ether oxygens (including phenoxy) is 4. The van der Waals surface area contributed by atoms with Gasteiger partial charge in [0, 0.05) is 25.4 Å². The number of hydrogen-bond acceptors (Lipinski definition) is 7. The summed E-state index contributed by atoms with van der Waals surface area (Å²) in [6.07, 6.45) is 3.54. The molecule has 1 N–H and O–H groups in total. The number of aliphatic hydroxyl groups is 1. The molecule has 1 aromatic heterocycles. The average molecular weight is 412 g/mol. The average Bonchev–Trinajstić information content (AvgIpc) is 3.39. The van der Waals surface area contributed by atoms with E-state index in [2.05, 4.69) is 4.98 Å². The van der Waals surface area contributed by atoms with E-state index in [0.29, 0.717) is 54.5 Å². The number of amides is 1. The van der Waals surface area contributed by atoms with Crippen molar-refractivity contribution in [2.24, 2.45) is 11.8 Å². The minimum atomic E-state index is -0.581. The van der Waals surface area contributed by atoms with Crippen molar-refractivity contribution in [3.05, 3.63) is 42.2 Å². The summed E-state index contributed by atoms with van der Waals surface area (Å²) in [5.41, 5.74) is 0.514. The molecule has 8 heteroatoms. The number of carbonyl (C=O) groups is 1. The number of pyridine rings is 1. The summed E-state index contributed by atoms with van der Waals surface area (Å²) in [5.74, 6) is 2.95. The zero-order chi connectivity index (χ0) is 20.7. The smallest absolute Gasteiger partial charge is 0.257 e. The van der Waals surface area contributed by atoms with Gasteiger partial charge in [0.15, 0.2) is 11.5 Å². The van der Waals surface area contributed by atoms with Gasteiger partial charge in [-0.2, -0.15) is 0 Å². The molecule has 1 aliphatic carbocycles. The number of carbonyl (C=O) groups excluding carboxylic acids is 1. The quantitative estimate of drug-likeness (QED) is 0.823. The van der Waals surface area contributed by atoms with Crippen molar-refractivity contribution in [2.45, 2.75) is 25.0 Å². The van der Waals surface area contributed by atoms with E-state index in [9.17, 15) is 9.90 Å². The van der Waals surface area contributed by atoms with Gasteiger partial charge in [0.25, 0.3) is 5.91 Å². The maximum atomic E-state index is 13.0. The minimum absolute atomic E-state index is 0.0635. The largest absolute Gasteiger partial charge is 0.494 e. The Hall–Kier alpha value is -3.00. The Morgan fingerprint density at radius 1 is 1.17 bits per heavy atom. The molecule has 158 valence electrons. The van der Waals surface area contributed by atoms with E-state index in [1.54, 1.807) is 24.5 Å². The van der Waals surface area contributed by atoms with Crippen LogP contribution >= 0.6 is 0 Å². The molecule has 2 fully saturated rings. The molecule has 0 unspecified atom stereocenters. The molecule has 2 aromatic rings. The van der Waals surface area contributed by atoms with E-state index in [-0.39, 0.29) is 30.6 Å². The molecule has 8 nitrogen and oxygen atoms in total. The first kappa shape index (κ1) is 19.0. The third kappa shape index (κ3) is 3.41. The first-order valence-corrected chi connectivity index (χ1v) is 10.1. The van der Waals surface area contributed by atoms with Crippen LogP contribution in [0.5, 0.6) is 23.0 Å². The summed E-state index contributed by atoms with van der Waals surface area (Å²) < 4.78 is 22.1. The molecule has 1 aromatic carbocycles. The number of methoxy groups -OCH3 is 1. The number of likely N-dealkylation sites (tertiary alicyclic amines) is 1. The standard InChI is InChI=1S/C22H24N2O6/c1-27-21-9-23-5-4-16(21)22(26)24-10-13-6-17(25)19(7-14(13)11-24)30-15-2-3-18-20(8-15)29-12-28-18/h2-5,8-9,13-14,17,19,25H,6-7,10-12H2,1H3/t13-,14+,17+,19+/m0/s1. The van der Waals surface area contributed by atoms with E-state index in [0.717, 1.165) is 0 Å². The van der Waals surface area contributed by atoms with E-state index in [1.165, 1.54) is 7.11 Å². The minimum Gasteiger partial charge on any atom is -0.494 e. The fourth-order valence-electron chi connectivity index (χ4n) is 4.70. The number of rotatable bonds is 4. The second-order valence-electron chi connectivity index (χ2n) is 8.02. The Balaban J connectivity index is 1.27. The van der Waals surface area contributed by atoms with Crippen molar-refractivity contribution in [1.82, 2.24) is 9.88 Å². The second-order valence-corrected chi connectivity index (χ2v) is 8.02. The van der Waals surface area contributed by atoms with Crippen molar-refractivity contribution in [3.8, 4) is 23.0 Å². The van der Waals surface area contributed by atoms with Crippen LogP contribution in [0, 0.1) is 11.8 Å². The van der Waals surface area contributed by atoms with Crippen molar-refractivity contribution in [3.63, 3.8) is 0 Å².